The molecule has 35 heavy (non-hydrogen) atoms. The highest BCUT2D eigenvalue weighted by Crippen LogP contribution is 2.25. The first-order valence-electron chi connectivity index (χ1n) is 10.9. The van der Waals surface area contributed by atoms with Crippen LogP contribution >= 0.6 is 11.6 Å². The fraction of sp³-hybridized carbons (Fsp3) is 0.115. The van der Waals surface area contributed by atoms with Gasteiger partial charge in [-0.25, -0.2) is 4.68 Å². The van der Waals surface area contributed by atoms with Crippen molar-refractivity contribution in [1.82, 2.24) is 4.68 Å². The third kappa shape index (κ3) is 5.44. The molecule has 9 heteroatoms. The summed E-state index contributed by atoms with van der Waals surface area (Å²) in [5.74, 6) is -1.91. The molecule has 0 saturated heterocycles. The molecule has 0 atom stereocenters. The van der Waals surface area contributed by atoms with Crippen LogP contribution in [0.15, 0.2) is 72.8 Å². The summed E-state index contributed by atoms with van der Waals surface area (Å²) < 4.78 is 6.76. The third-order valence-electron chi connectivity index (χ3n) is 5.13. The van der Waals surface area contributed by atoms with Crippen LogP contribution in [0.2, 0.25) is 5.02 Å². The van der Waals surface area contributed by atoms with Gasteiger partial charge in [-0.15, -0.1) is 0 Å². The Morgan fingerprint density at radius 2 is 1.71 bits per heavy atom. The molecule has 8 nitrogen and oxygen atoms in total. The number of rotatable bonds is 6. The molecule has 0 fully saturated rings. The van der Waals surface area contributed by atoms with Crippen molar-refractivity contribution < 1.29 is 19.1 Å². The van der Waals surface area contributed by atoms with Crippen molar-refractivity contribution in [2.45, 2.75) is 13.8 Å². The van der Waals surface area contributed by atoms with E-state index in [1.54, 1.807) is 54.6 Å². The topological polar surface area (TPSA) is 101 Å². The number of carbonyl (C=O) groups is 3. The quantitative estimate of drug-likeness (QED) is 0.332. The molecular formula is C26H23ClN4O4. The maximum absolute atomic E-state index is 13.1. The first kappa shape index (κ1) is 23.8. The number of nitrogens with one attached hydrogen (secondary N) is 3. The minimum atomic E-state index is -0.964. The van der Waals surface area contributed by atoms with Gasteiger partial charge in [-0.3, -0.25) is 19.8 Å². The molecule has 0 aliphatic carbocycles. The summed E-state index contributed by atoms with van der Waals surface area (Å²) in [6, 6.07) is 20.7. The zero-order valence-electron chi connectivity index (χ0n) is 19.1. The van der Waals surface area contributed by atoms with E-state index in [0.717, 1.165) is 5.56 Å². The van der Waals surface area contributed by atoms with E-state index < -0.39 is 17.7 Å². The highest BCUT2D eigenvalue weighted by atomic mass is 35.5. The van der Waals surface area contributed by atoms with E-state index in [1.807, 2.05) is 32.0 Å². The van der Waals surface area contributed by atoms with E-state index in [0.29, 0.717) is 39.7 Å². The molecule has 0 aliphatic rings. The average molecular weight is 491 g/mol. The number of ether oxygens (including phenoxy) is 1. The van der Waals surface area contributed by atoms with Gasteiger partial charge >= 0.3 is 11.8 Å². The molecule has 3 aromatic carbocycles. The summed E-state index contributed by atoms with van der Waals surface area (Å²) >= 11 is 6.12. The predicted octanol–water partition coefficient (Wildman–Crippen LogP) is 4.96. The van der Waals surface area contributed by atoms with E-state index in [9.17, 15) is 14.4 Å². The Morgan fingerprint density at radius 3 is 2.49 bits per heavy atom. The van der Waals surface area contributed by atoms with Crippen molar-refractivity contribution in [3.8, 4) is 5.75 Å². The van der Waals surface area contributed by atoms with Crippen molar-refractivity contribution in [3.05, 3.63) is 89.1 Å². The minimum Gasteiger partial charge on any atom is -0.492 e. The molecule has 1 aromatic heterocycles. The number of hydrogen-bond donors (Lipinski definition) is 3. The Bertz CT molecular complexity index is 1430. The summed E-state index contributed by atoms with van der Waals surface area (Å²) in [6.07, 6.45) is 0. The standard InChI is InChI=1S/C26H23ClN4O4/c1-3-35-23-10-5-4-9-20(23)29-25(33)26(34)30-31-21-12-11-18(27)14-17(21)15-22(31)24(32)28-19-8-6-7-16(2)13-19/h4-15H,3H2,1-2H3,(H,28,32)(H,29,33)(H,30,34). The lowest BCUT2D eigenvalue weighted by Crippen LogP contribution is -2.36. The average Bonchev–Trinajstić information content (AvgIpc) is 3.17. The molecule has 3 amide bonds. The highest BCUT2D eigenvalue weighted by molar-refractivity contribution is 6.42. The Hall–Kier alpha value is -4.30. The van der Waals surface area contributed by atoms with Crippen molar-refractivity contribution in [2.24, 2.45) is 0 Å². The summed E-state index contributed by atoms with van der Waals surface area (Å²) in [7, 11) is 0. The van der Waals surface area contributed by atoms with Gasteiger partial charge in [0.1, 0.15) is 11.4 Å². The van der Waals surface area contributed by atoms with Crippen LogP contribution in [-0.4, -0.2) is 29.0 Å². The SMILES string of the molecule is CCOc1ccccc1NC(=O)C(=O)Nn1c(C(=O)Nc2cccc(C)c2)cc2cc(Cl)ccc21. The molecule has 4 aromatic rings. The lowest BCUT2D eigenvalue weighted by Gasteiger charge is -2.14. The maximum Gasteiger partial charge on any atom is 0.328 e. The van der Waals surface area contributed by atoms with Crippen LogP contribution in [0.25, 0.3) is 10.9 Å². The second-order valence-electron chi connectivity index (χ2n) is 7.72. The van der Waals surface area contributed by atoms with E-state index in [4.69, 9.17) is 16.3 Å². The van der Waals surface area contributed by atoms with Gasteiger partial charge in [0.25, 0.3) is 5.91 Å². The number of nitrogens with zero attached hydrogens (tertiary/aromatic N) is 1. The van der Waals surface area contributed by atoms with Crippen LogP contribution in [0.5, 0.6) is 5.75 Å². The normalized spacial score (nSPS) is 10.6. The second-order valence-corrected chi connectivity index (χ2v) is 8.15. The van der Waals surface area contributed by atoms with Crippen LogP contribution in [-0.2, 0) is 9.59 Å². The number of para-hydroxylation sites is 2. The number of amides is 3. The van der Waals surface area contributed by atoms with Crippen LogP contribution in [0.3, 0.4) is 0 Å². The largest absolute Gasteiger partial charge is 0.492 e. The third-order valence-corrected chi connectivity index (χ3v) is 5.36. The zero-order valence-corrected chi connectivity index (χ0v) is 19.8. The van der Waals surface area contributed by atoms with E-state index >= 15 is 0 Å². The van der Waals surface area contributed by atoms with Crippen LogP contribution in [0.4, 0.5) is 11.4 Å². The summed E-state index contributed by atoms with van der Waals surface area (Å²) in [4.78, 5) is 38.6. The number of aryl methyl sites for hydroxylation is 1. The van der Waals surface area contributed by atoms with Gasteiger partial charge in [0.15, 0.2) is 0 Å². The molecule has 0 saturated carbocycles. The van der Waals surface area contributed by atoms with Crippen LogP contribution in [0, 0.1) is 6.92 Å². The number of hydrogen-bond acceptors (Lipinski definition) is 4. The molecule has 0 aliphatic heterocycles. The smallest absolute Gasteiger partial charge is 0.328 e. The Morgan fingerprint density at radius 1 is 0.914 bits per heavy atom. The van der Waals surface area contributed by atoms with E-state index in [-0.39, 0.29) is 5.69 Å². The Balaban J connectivity index is 1.62. The lowest BCUT2D eigenvalue weighted by molar-refractivity contribution is -0.133. The minimum absolute atomic E-state index is 0.125. The summed E-state index contributed by atoms with van der Waals surface area (Å²) in [5, 5.41) is 6.46. The molecule has 4 rings (SSSR count). The first-order chi connectivity index (χ1) is 16.9. The molecule has 0 bridgehead atoms. The van der Waals surface area contributed by atoms with Gasteiger partial charge in [0, 0.05) is 16.1 Å². The summed E-state index contributed by atoms with van der Waals surface area (Å²) in [5.41, 5.74) is 5.08. The number of benzene rings is 3. The van der Waals surface area contributed by atoms with Crippen LogP contribution in [0.1, 0.15) is 23.0 Å². The van der Waals surface area contributed by atoms with E-state index in [1.165, 1.54) is 4.68 Å². The molecule has 0 spiro atoms. The van der Waals surface area contributed by atoms with Crippen molar-refractivity contribution >= 4 is 51.6 Å². The monoisotopic (exact) mass is 490 g/mol. The molecule has 3 N–H and O–H groups in total. The van der Waals surface area contributed by atoms with Gasteiger partial charge in [-0.2, -0.15) is 0 Å². The predicted molar refractivity (Wildman–Crippen MR) is 137 cm³/mol. The second kappa shape index (κ2) is 10.3. The highest BCUT2D eigenvalue weighted by Gasteiger charge is 2.22. The number of halogens is 1. The van der Waals surface area contributed by atoms with Gasteiger partial charge < -0.3 is 15.4 Å². The van der Waals surface area contributed by atoms with Gasteiger partial charge in [0.2, 0.25) is 0 Å². The van der Waals surface area contributed by atoms with Gasteiger partial charge in [-0.1, -0.05) is 35.9 Å². The van der Waals surface area contributed by atoms with Gasteiger partial charge in [-0.05, 0) is 67.9 Å². The lowest BCUT2D eigenvalue weighted by atomic mass is 10.2. The number of fused-ring (bicyclic) bond motifs is 1. The molecule has 178 valence electrons. The molecule has 1 heterocycles. The molecular weight excluding hydrogens is 468 g/mol. The fourth-order valence-corrected chi connectivity index (χ4v) is 3.75. The van der Waals surface area contributed by atoms with E-state index in [2.05, 4.69) is 16.1 Å². The maximum atomic E-state index is 13.1. The first-order valence-corrected chi connectivity index (χ1v) is 11.3. The molecule has 0 radical (unpaired) electrons. The fourth-order valence-electron chi connectivity index (χ4n) is 3.57. The van der Waals surface area contributed by atoms with Crippen molar-refractivity contribution in [3.63, 3.8) is 0 Å². The Labute approximate surface area is 206 Å². The van der Waals surface area contributed by atoms with Crippen molar-refractivity contribution in [1.29, 1.82) is 0 Å². The zero-order chi connectivity index (χ0) is 24.9. The Kier molecular flexibility index (Phi) is 7.03. The summed E-state index contributed by atoms with van der Waals surface area (Å²) in [6.45, 7) is 4.13. The number of aromatic nitrogens is 1. The molecule has 0 unspecified atom stereocenters. The number of anilines is 2. The van der Waals surface area contributed by atoms with Crippen LogP contribution < -0.4 is 20.8 Å². The number of carbonyl (C=O) groups excluding carboxylic acids is 3. The van der Waals surface area contributed by atoms with Gasteiger partial charge in [0.05, 0.1) is 17.8 Å². The van der Waals surface area contributed by atoms with Crippen molar-refractivity contribution in [2.75, 3.05) is 22.7 Å².